The van der Waals surface area contributed by atoms with E-state index in [-0.39, 0.29) is 17.9 Å². The van der Waals surface area contributed by atoms with Gasteiger partial charge in [-0.05, 0) is 37.6 Å². The number of rotatable bonds is 5. The van der Waals surface area contributed by atoms with Crippen LogP contribution in [0, 0.1) is 5.82 Å². The van der Waals surface area contributed by atoms with Gasteiger partial charge in [0.2, 0.25) is 0 Å². The number of amides is 1. The average Bonchev–Trinajstić information content (AvgIpc) is 2.53. The Morgan fingerprint density at radius 2 is 1.65 bits per heavy atom. The third kappa shape index (κ3) is 4.02. The van der Waals surface area contributed by atoms with Crippen molar-refractivity contribution in [2.45, 2.75) is 19.4 Å². The molecular formula is C18H18FNO3. The third-order valence-electron chi connectivity index (χ3n) is 3.61. The molecule has 0 aliphatic carbocycles. The molecule has 2 rings (SSSR count). The number of halogens is 1. The molecule has 2 N–H and O–H groups in total. The Labute approximate surface area is 134 Å². The lowest BCUT2D eigenvalue weighted by Crippen LogP contribution is -2.39. The van der Waals surface area contributed by atoms with Gasteiger partial charge in [0.05, 0.1) is 12.1 Å². The van der Waals surface area contributed by atoms with Gasteiger partial charge in [-0.15, -0.1) is 0 Å². The van der Waals surface area contributed by atoms with Gasteiger partial charge in [0, 0.05) is 5.56 Å². The van der Waals surface area contributed by atoms with Gasteiger partial charge in [-0.2, -0.15) is 0 Å². The molecule has 2 aromatic rings. The number of carbonyl (C=O) groups excluding carboxylic acids is 2. The first-order chi connectivity index (χ1) is 10.8. The molecule has 1 unspecified atom stereocenters. The van der Waals surface area contributed by atoms with Gasteiger partial charge in [0.15, 0.2) is 5.78 Å². The highest BCUT2D eigenvalue weighted by molar-refractivity contribution is 6.07. The molecule has 5 heteroatoms. The highest BCUT2D eigenvalue weighted by Crippen LogP contribution is 2.20. The van der Waals surface area contributed by atoms with Crippen molar-refractivity contribution in [3.63, 3.8) is 0 Å². The van der Waals surface area contributed by atoms with E-state index in [1.807, 2.05) is 0 Å². The summed E-state index contributed by atoms with van der Waals surface area (Å²) in [6, 6.07) is 11.9. The molecule has 0 heterocycles. The zero-order valence-corrected chi connectivity index (χ0v) is 13.0. The third-order valence-corrected chi connectivity index (χ3v) is 3.61. The SMILES string of the molecule is CC(=O)c1ccccc1C(=O)NCC(C)(O)c1ccc(F)cc1. The number of Topliss-reactive ketones (excluding diaryl/α,β-unsaturated/α-hetero) is 1. The summed E-state index contributed by atoms with van der Waals surface area (Å²) in [6.07, 6.45) is 0. The predicted octanol–water partition coefficient (Wildman–Crippen LogP) is 2.67. The van der Waals surface area contributed by atoms with E-state index >= 15 is 0 Å². The summed E-state index contributed by atoms with van der Waals surface area (Å²) in [7, 11) is 0. The molecule has 1 atom stereocenters. The van der Waals surface area contributed by atoms with Crippen molar-refractivity contribution in [1.82, 2.24) is 5.32 Å². The number of aliphatic hydroxyl groups is 1. The highest BCUT2D eigenvalue weighted by Gasteiger charge is 2.24. The summed E-state index contributed by atoms with van der Waals surface area (Å²) in [5.41, 5.74) is -0.283. The second kappa shape index (κ2) is 6.71. The van der Waals surface area contributed by atoms with Gasteiger partial charge in [0.25, 0.3) is 5.91 Å². The van der Waals surface area contributed by atoms with E-state index in [0.29, 0.717) is 11.1 Å². The van der Waals surface area contributed by atoms with Crippen LogP contribution in [0.25, 0.3) is 0 Å². The Balaban J connectivity index is 2.12. The Kier molecular flexibility index (Phi) is 4.91. The zero-order valence-electron chi connectivity index (χ0n) is 13.0. The van der Waals surface area contributed by atoms with Crippen LogP contribution in [0.4, 0.5) is 4.39 Å². The maximum atomic E-state index is 12.9. The summed E-state index contributed by atoms with van der Waals surface area (Å²) < 4.78 is 12.9. The molecule has 0 aromatic heterocycles. The van der Waals surface area contributed by atoms with Crippen molar-refractivity contribution in [3.05, 3.63) is 71.0 Å². The fourth-order valence-corrected chi connectivity index (χ4v) is 2.25. The summed E-state index contributed by atoms with van der Waals surface area (Å²) in [5.74, 6) is -1.05. The number of ketones is 1. The van der Waals surface area contributed by atoms with Gasteiger partial charge >= 0.3 is 0 Å². The Bertz CT molecular complexity index is 723. The average molecular weight is 315 g/mol. The first-order valence-corrected chi connectivity index (χ1v) is 7.18. The minimum absolute atomic E-state index is 0.0658. The molecule has 0 aliphatic heterocycles. The van der Waals surface area contributed by atoms with Crippen LogP contribution in [0.15, 0.2) is 48.5 Å². The largest absolute Gasteiger partial charge is 0.384 e. The van der Waals surface area contributed by atoms with E-state index in [1.54, 1.807) is 24.3 Å². The lowest BCUT2D eigenvalue weighted by atomic mass is 9.95. The van der Waals surface area contributed by atoms with Gasteiger partial charge in [0.1, 0.15) is 11.4 Å². The smallest absolute Gasteiger partial charge is 0.252 e. The summed E-state index contributed by atoms with van der Waals surface area (Å²) in [5, 5.41) is 13.1. The summed E-state index contributed by atoms with van der Waals surface area (Å²) >= 11 is 0. The molecule has 0 saturated carbocycles. The topological polar surface area (TPSA) is 66.4 Å². The van der Waals surface area contributed by atoms with Crippen molar-refractivity contribution in [1.29, 1.82) is 0 Å². The quantitative estimate of drug-likeness (QED) is 0.834. The standard InChI is InChI=1S/C18H18FNO3/c1-12(21)15-5-3-4-6-16(15)17(22)20-11-18(2,23)13-7-9-14(19)10-8-13/h3-10,23H,11H2,1-2H3,(H,20,22). The molecule has 0 fully saturated rings. The maximum absolute atomic E-state index is 12.9. The molecule has 4 nitrogen and oxygen atoms in total. The second-order valence-electron chi connectivity index (χ2n) is 5.57. The number of carbonyl (C=O) groups is 2. The Hall–Kier alpha value is -2.53. The van der Waals surface area contributed by atoms with Crippen molar-refractivity contribution in [3.8, 4) is 0 Å². The summed E-state index contributed by atoms with van der Waals surface area (Å²) in [4.78, 5) is 23.8. The molecule has 0 bridgehead atoms. The lowest BCUT2D eigenvalue weighted by molar-refractivity contribution is 0.0525. The minimum atomic E-state index is -1.35. The number of hydrogen-bond donors (Lipinski definition) is 2. The number of nitrogens with one attached hydrogen (secondary N) is 1. The Morgan fingerprint density at radius 3 is 2.22 bits per heavy atom. The van der Waals surface area contributed by atoms with Crippen LogP contribution in [0.3, 0.4) is 0 Å². The zero-order chi connectivity index (χ0) is 17.0. The second-order valence-corrected chi connectivity index (χ2v) is 5.57. The van der Waals surface area contributed by atoms with Crippen LogP contribution in [-0.2, 0) is 5.60 Å². The molecule has 120 valence electrons. The van der Waals surface area contributed by atoms with Crippen molar-refractivity contribution in [2.24, 2.45) is 0 Å². The fraction of sp³-hybridized carbons (Fsp3) is 0.222. The van der Waals surface area contributed by atoms with Gasteiger partial charge < -0.3 is 10.4 Å². The molecule has 0 radical (unpaired) electrons. The van der Waals surface area contributed by atoms with Crippen LogP contribution < -0.4 is 5.32 Å². The predicted molar refractivity (Wildman–Crippen MR) is 84.8 cm³/mol. The van der Waals surface area contributed by atoms with Crippen LogP contribution in [0.2, 0.25) is 0 Å². The van der Waals surface area contributed by atoms with Crippen LogP contribution in [0.5, 0.6) is 0 Å². The molecule has 0 spiro atoms. The van der Waals surface area contributed by atoms with Gasteiger partial charge in [-0.25, -0.2) is 4.39 Å². The van der Waals surface area contributed by atoms with E-state index in [2.05, 4.69) is 5.32 Å². The van der Waals surface area contributed by atoms with Crippen LogP contribution in [0.1, 0.15) is 40.1 Å². The van der Waals surface area contributed by atoms with Crippen LogP contribution in [-0.4, -0.2) is 23.3 Å². The summed E-state index contributed by atoms with van der Waals surface area (Å²) in [6.45, 7) is 2.85. The molecule has 0 aliphatic rings. The number of benzene rings is 2. The highest BCUT2D eigenvalue weighted by atomic mass is 19.1. The number of hydrogen-bond acceptors (Lipinski definition) is 3. The van der Waals surface area contributed by atoms with E-state index in [0.717, 1.165) is 0 Å². The molecule has 1 amide bonds. The monoisotopic (exact) mass is 315 g/mol. The first kappa shape index (κ1) is 16.8. The maximum Gasteiger partial charge on any atom is 0.252 e. The van der Waals surface area contributed by atoms with Crippen molar-refractivity contribution >= 4 is 11.7 Å². The molecular weight excluding hydrogens is 297 g/mol. The first-order valence-electron chi connectivity index (χ1n) is 7.18. The van der Waals surface area contributed by atoms with Crippen LogP contribution >= 0.6 is 0 Å². The van der Waals surface area contributed by atoms with Gasteiger partial charge in [-0.1, -0.05) is 30.3 Å². The molecule has 2 aromatic carbocycles. The van der Waals surface area contributed by atoms with E-state index in [9.17, 15) is 19.1 Å². The lowest BCUT2D eigenvalue weighted by Gasteiger charge is -2.24. The van der Waals surface area contributed by atoms with Gasteiger partial charge in [-0.3, -0.25) is 9.59 Å². The fourth-order valence-electron chi connectivity index (χ4n) is 2.25. The Morgan fingerprint density at radius 1 is 1.09 bits per heavy atom. The van der Waals surface area contributed by atoms with Crippen molar-refractivity contribution in [2.75, 3.05) is 6.54 Å². The molecule has 23 heavy (non-hydrogen) atoms. The normalized spacial score (nSPS) is 13.2. The van der Waals surface area contributed by atoms with E-state index < -0.39 is 17.3 Å². The molecule has 0 saturated heterocycles. The van der Waals surface area contributed by atoms with Crippen molar-refractivity contribution < 1.29 is 19.1 Å². The van der Waals surface area contributed by atoms with E-state index in [1.165, 1.54) is 38.1 Å². The minimum Gasteiger partial charge on any atom is -0.384 e. The van der Waals surface area contributed by atoms with E-state index in [4.69, 9.17) is 0 Å².